The molecule has 1 N–H and O–H groups in total. The first-order valence-corrected chi connectivity index (χ1v) is 10.3. The van der Waals surface area contributed by atoms with Crippen LogP contribution in [-0.4, -0.2) is 28.0 Å². The molecule has 0 saturated heterocycles. The Morgan fingerprint density at radius 1 is 1.28 bits per heavy atom. The second kappa shape index (κ2) is 9.00. The summed E-state index contributed by atoms with van der Waals surface area (Å²) in [5.41, 5.74) is 1.48. The molecule has 0 spiro atoms. The molecule has 2 aromatic heterocycles. The lowest BCUT2D eigenvalue weighted by Gasteiger charge is -2.15. The molecule has 29 heavy (non-hydrogen) atoms. The van der Waals surface area contributed by atoms with Gasteiger partial charge in [-0.25, -0.2) is 9.78 Å². The average Bonchev–Trinajstić information content (AvgIpc) is 3.15. The predicted octanol–water partition coefficient (Wildman–Crippen LogP) is 3.92. The number of amides is 1. The Labute approximate surface area is 172 Å². The number of ether oxygens (including phenoxy) is 1. The summed E-state index contributed by atoms with van der Waals surface area (Å²) in [6.07, 6.45) is 3.00. The zero-order chi connectivity index (χ0) is 21.0. The number of anilines is 1. The number of carbonyl (C=O) groups is 2. The summed E-state index contributed by atoms with van der Waals surface area (Å²) < 4.78 is 6.48. The van der Waals surface area contributed by atoms with Gasteiger partial charge in [-0.15, -0.1) is 11.3 Å². The summed E-state index contributed by atoms with van der Waals surface area (Å²) in [7, 11) is 0. The van der Waals surface area contributed by atoms with Crippen molar-refractivity contribution in [2.24, 2.45) is 0 Å². The van der Waals surface area contributed by atoms with Crippen LogP contribution in [0.5, 0.6) is 0 Å². The van der Waals surface area contributed by atoms with Gasteiger partial charge in [0.1, 0.15) is 10.9 Å². The lowest BCUT2D eigenvalue weighted by atomic mass is 10.2. The molecule has 0 aliphatic carbocycles. The first-order valence-electron chi connectivity index (χ1n) is 9.45. The lowest BCUT2D eigenvalue weighted by molar-refractivity contribution is -0.118. The van der Waals surface area contributed by atoms with E-state index in [9.17, 15) is 14.4 Å². The van der Waals surface area contributed by atoms with Gasteiger partial charge in [-0.2, -0.15) is 0 Å². The van der Waals surface area contributed by atoms with Gasteiger partial charge in [0, 0.05) is 11.1 Å². The molecule has 1 atom stereocenters. The van der Waals surface area contributed by atoms with Crippen LogP contribution in [0.2, 0.25) is 0 Å². The van der Waals surface area contributed by atoms with Gasteiger partial charge in [-0.3, -0.25) is 14.2 Å². The second-order valence-corrected chi connectivity index (χ2v) is 7.67. The number of thiophene rings is 1. The number of aryl methyl sites for hydroxylation is 1. The van der Waals surface area contributed by atoms with Crippen molar-refractivity contribution in [1.82, 2.24) is 9.55 Å². The van der Waals surface area contributed by atoms with Crippen LogP contribution in [-0.2, 0) is 9.53 Å². The molecule has 0 aliphatic rings. The Morgan fingerprint density at radius 2 is 2.00 bits per heavy atom. The molecule has 3 aromatic rings. The Morgan fingerprint density at radius 3 is 2.69 bits per heavy atom. The summed E-state index contributed by atoms with van der Waals surface area (Å²) in [4.78, 5) is 42.7. The van der Waals surface area contributed by atoms with Crippen molar-refractivity contribution in [2.75, 3.05) is 11.9 Å². The summed E-state index contributed by atoms with van der Waals surface area (Å²) in [5.74, 6) is -0.891. The van der Waals surface area contributed by atoms with Crippen molar-refractivity contribution >= 4 is 39.1 Å². The molecular weight excluding hydrogens is 390 g/mol. The third kappa shape index (κ3) is 4.54. The molecule has 0 radical (unpaired) electrons. The van der Waals surface area contributed by atoms with Crippen LogP contribution in [0.15, 0.2) is 40.8 Å². The van der Waals surface area contributed by atoms with Gasteiger partial charge < -0.3 is 10.1 Å². The van der Waals surface area contributed by atoms with E-state index in [1.165, 1.54) is 22.2 Å². The monoisotopic (exact) mass is 413 g/mol. The Balaban J connectivity index is 1.87. The molecule has 1 amide bonds. The van der Waals surface area contributed by atoms with E-state index in [1.54, 1.807) is 24.4 Å². The zero-order valence-corrected chi connectivity index (χ0v) is 17.4. The number of esters is 1. The summed E-state index contributed by atoms with van der Waals surface area (Å²) in [6.45, 7) is 5.88. The first kappa shape index (κ1) is 20.7. The van der Waals surface area contributed by atoms with Crippen LogP contribution in [0.4, 0.5) is 5.69 Å². The van der Waals surface area contributed by atoms with Gasteiger partial charge in [-0.1, -0.05) is 31.0 Å². The van der Waals surface area contributed by atoms with Crippen LogP contribution in [0, 0.1) is 6.92 Å². The maximum Gasteiger partial charge on any atom is 0.339 e. The lowest BCUT2D eigenvalue weighted by Crippen LogP contribution is -2.32. The number of unbranched alkanes of at least 4 members (excludes halogenated alkanes) is 1. The standard InChI is InChI=1S/C21H23N3O4S/c1-4-5-10-28-21(27)16-11-29-19-17(16)20(26)24(12-22-19)14(3)18(25)23-15-8-6-13(2)7-9-15/h6-9,11-12,14H,4-5,10H2,1-3H3,(H,23,25). The molecule has 0 fully saturated rings. The number of fused-ring (bicyclic) bond motifs is 1. The minimum absolute atomic E-state index is 0.189. The largest absolute Gasteiger partial charge is 0.462 e. The second-order valence-electron chi connectivity index (χ2n) is 6.81. The topological polar surface area (TPSA) is 90.3 Å². The van der Waals surface area contributed by atoms with Gasteiger partial charge in [0.25, 0.3) is 5.56 Å². The third-order valence-electron chi connectivity index (χ3n) is 4.59. The van der Waals surface area contributed by atoms with Crippen molar-refractivity contribution in [2.45, 2.75) is 39.7 Å². The first-order chi connectivity index (χ1) is 13.9. The highest BCUT2D eigenvalue weighted by Gasteiger charge is 2.22. The van der Waals surface area contributed by atoms with E-state index >= 15 is 0 Å². The normalized spacial score (nSPS) is 12.0. The molecule has 0 saturated carbocycles. The average molecular weight is 413 g/mol. The molecule has 7 nitrogen and oxygen atoms in total. The number of rotatable bonds is 7. The molecule has 152 valence electrons. The van der Waals surface area contributed by atoms with Crippen molar-refractivity contribution < 1.29 is 14.3 Å². The fourth-order valence-corrected chi connectivity index (χ4v) is 3.64. The third-order valence-corrected chi connectivity index (χ3v) is 5.47. The van der Waals surface area contributed by atoms with Gasteiger partial charge in [0.05, 0.1) is 23.9 Å². The van der Waals surface area contributed by atoms with Gasteiger partial charge >= 0.3 is 5.97 Å². The minimum Gasteiger partial charge on any atom is -0.462 e. The number of benzene rings is 1. The molecule has 8 heteroatoms. The summed E-state index contributed by atoms with van der Waals surface area (Å²) >= 11 is 1.20. The molecular formula is C21H23N3O4S. The Hall–Kier alpha value is -3.00. The number of aromatic nitrogens is 2. The Kier molecular flexibility index (Phi) is 6.43. The fraction of sp³-hybridized carbons (Fsp3) is 0.333. The smallest absolute Gasteiger partial charge is 0.339 e. The van der Waals surface area contributed by atoms with Gasteiger partial charge in [-0.05, 0) is 32.4 Å². The van der Waals surface area contributed by atoms with Crippen LogP contribution in [0.1, 0.15) is 48.7 Å². The maximum atomic E-state index is 13.0. The molecule has 1 aromatic carbocycles. The van der Waals surface area contributed by atoms with E-state index in [0.717, 1.165) is 18.4 Å². The van der Waals surface area contributed by atoms with E-state index < -0.39 is 17.6 Å². The Bertz CT molecular complexity index is 1090. The maximum absolute atomic E-state index is 13.0. The van der Waals surface area contributed by atoms with Crippen molar-refractivity contribution in [1.29, 1.82) is 0 Å². The molecule has 0 aliphatic heterocycles. The van der Waals surface area contributed by atoms with Crippen LogP contribution in [0.3, 0.4) is 0 Å². The van der Waals surface area contributed by atoms with Crippen LogP contribution >= 0.6 is 11.3 Å². The number of hydrogen-bond acceptors (Lipinski definition) is 6. The number of nitrogens with one attached hydrogen (secondary N) is 1. The minimum atomic E-state index is -0.801. The molecule has 2 heterocycles. The predicted molar refractivity (Wildman–Crippen MR) is 114 cm³/mol. The van der Waals surface area contributed by atoms with E-state index in [0.29, 0.717) is 17.1 Å². The van der Waals surface area contributed by atoms with E-state index in [1.807, 2.05) is 26.0 Å². The van der Waals surface area contributed by atoms with E-state index in [-0.39, 0.29) is 16.9 Å². The highest BCUT2D eigenvalue weighted by atomic mass is 32.1. The SMILES string of the molecule is CCCCOC(=O)c1csc2ncn(C(C)C(=O)Nc3ccc(C)cc3)c(=O)c12. The number of hydrogen-bond donors (Lipinski definition) is 1. The van der Waals surface area contributed by atoms with Crippen LogP contribution < -0.4 is 10.9 Å². The molecule has 3 rings (SSSR count). The quantitative estimate of drug-likeness (QED) is 0.468. The summed E-state index contributed by atoms with van der Waals surface area (Å²) in [6, 6.07) is 6.58. The van der Waals surface area contributed by atoms with Crippen molar-refractivity contribution in [3.63, 3.8) is 0 Å². The van der Waals surface area contributed by atoms with Crippen molar-refractivity contribution in [3.8, 4) is 0 Å². The number of carbonyl (C=O) groups excluding carboxylic acids is 2. The van der Waals surface area contributed by atoms with Crippen LogP contribution in [0.25, 0.3) is 10.2 Å². The van der Waals surface area contributed by atoms with E-state index in [4.69, 9.17) is 4.74 Å². The van der Waals surface area contributed by atoms with Gasteiger partial charge in [0.2, 0.25) is 5.91 Å². The zero-order valence-electron chi connectivity index (χ0n) is 16.6. The highest BCUT2D eigenvalue weighted by Crippen LogP contribution is 2.22. The molecule has 0 bridgehead atoms. The van der Waals surface area contributed by atoms with Gasteiger partial charge in [0.15, 0.2) is 0 Å². The fourth-order valence-electron chi connectivity index (χ4n) is 2.77. The van der Waals surface area contributed by atoms with Crippen molar-refractivity contribution in [3.05, 3.63) is 57.5 Å². The molecule has 1 unspecified atom stereocenters. The number of nitrogens with zero attached hydrogens (tertiary/aromatic N) is 2. The van der Waals surface area contributed by atoms with E-state index in [2.05, 4.69) is 10.3 Å². The highest BCUT2D eigenvalue weighted by molar-refractivity contribution is 7.17. The summed E-state index contributed by atoms with van der Waals surface area (Å²) in [5, 5.41) is 4.56.